The molecule has 0 aliphatic heterocycles. The monoisotopic (exact) mass is 277 g/mol. The molecule has 1 unspecified atom stereocenters. The van der Waals surface area contributed by atoms with Crippen molar-refractivity contribution in [1.29, 1.82) is 5.26 Å². The van der Waals surface area contributed by atoms with Crippen LogP contribution in [0.15, 0.2) is 0 Å². The highest BCUT2D eigenvalue weighted by Crippen LogP contribution is 2.09. The third-order valence-electron chi connectivity index (χ3n) is 2.30. The fourth-order valence-corrected chi connectivity index (χ4v) is 2.51. The van der Waals surface area contributed by atoms with Gasteiger partial charge in [-0.25, -0.2) is 8.42 Å². The Morgan fingerprint density at radius 1 is 1.56 bits per heavy atom. The highest BCUT2D eigenvalue weighted by atomic mass is 32.2. The van der Waals surface area contributed by atoms with Crippen molar-refractivity contribution in [3.05, 3.63) is 0 Å². The summed E-state index contributed by atoms with van der Waals surface area (Å²) < 4.78 is 29.4. The Balaban J connectivity index is 4.44. The molecule has 7 nitrogen and oxygen atoms in total. The zero-order valence-electron chi connectivity index (χ0n) is 10.8. The molecule has 0 aromatic carbocycles. The molecule has 1 amide bonds. The van der Waals surface area contributed by atoms with Crippen molar-refractivity contribution in [3.8, 4) is 6.07 Å². The number of hydrogen-bond acceptors (Lipinski definition) is 5. The molecule has 0 radical (unpaired) electrons. The number of hydrogen-bond donors (Lipinski definition) is 1. The molecule has 8 heteroatoms. The van der Waals surface area contributed by atoms with E-state index in [-0.39, 0.29) is 13.0 Å². The summed E-state index contributed by atoms with van der Waals surface area (Å²) in [5.41, 5.74) is 0. The molecular formula is C10H19N3O4S. The van der Waals surface area contributed by atoms with Crippen molar-refractivity contribution in [2.24, 2.45) is 0 Å². The van der Waals surface area contributed by atoms with Gasteiger partial charge in [-0.3, -0.25) is 4.79 Å². The van der Waals surface area contributed by atoms with Gasteiger partial charge in [-0.1, -0.05) is 6.92 Å². The molecule has 0 fully saturated rings. The minimum absolute atomic E-state index is 0.189. The van der Waals surface area contributed by atoms with Crippen LogP contribution >= 0.6 is 0 Å². The third kappa shape index (κ3) is 5.00. The van der Waals surface area contributed by atoms with Gasteiger partial charge in [0.2, 0.25) is 15.9 Å². The zero-order chi connectivity index (χ0) is 14.2. The van der Waals surface area contributed by atoms with Crippen molar-refractivity contribution in [1.82, 2.24) is 9.62 Å². The summed E-state index contributed by atoms with van der Waals surface area (Å²) in [6, 6.07) is 1.72. The van der Waals surface area contributed by atoms with E-state index in [2.05, 4.69) is 5.32 Å². The van der Waals surface area contributed by atoms with E-state index in [1.54, 1.807) is 13.0 Å². The number of sulfonamides is 1. The van der Waals surface area contributed by atoms with E-state index in [9.17, 15) is 13.2 Å². The Morgan fingerprint density at radius 2 is 2.17 bits per heavy atom. The van der Waals surface area contributed by atoms with Crippen LogP contribution in [0.3, 0.4) is 0 Å². The number of ether oxygens (including phenoxy) is 1. The van der Waals surface area contributed by atoms with Gasteiger partial charge >= 0.3 is 0 Å². The lowest BCUT2D eigenvalue weighted by molar-refractivity contribution is -0.121. The lowest BCUT2D eigenvalue weighted by atomic mass is 10.4. The number of nitrogens with one attached hydrogen (secondary N) is 1. The summed E-state index contributed by atoms with van der Waals surface area (Å²) in [6.45, 7) is 1.98. The lowest BCUT2D eigenvalue weighted by Crippen LogP contribution is -2.42. The molecule has 1 atom stereocenters. The topological polar surface area (TPSA) is 99.5 Å². The maximum Gasteiger partial charge on any atom is 0.235 e. The number of amides is 1. The molecule has 0 saturated carbocycles. The van der Waals surface area contributed by atoms with Gasteiger partial charge in [-0.15, -0.1) is 0 Å². The maximum absolute atomic E-state index is 11.9. The summed E-state index contributed by atoms with van der Waals surface area (Å²) in [7, 11) is -0.962. The Bertz CT molecular complexity index is 402. The minimum Gasteiger partial charge on any atom is -0.383 e. The van der Waals surface area contributed by atoms with Crippen LogP contribution in [0, 0.1) is 11.3 Å². The molecule has 0 aliphatic rings. The zero-order valence-corrected chi connectivity index (χ0v) is 11.7. The second-order valence-corrected chi connectivity index (χ2v) is 5.89. The first kappa shape index (κ1) is 16.8. The first-order valence-corrected chi connectivity index (χ1v) is 7.00. The van der Waals surface area contributed by atoms with Gasteiger partial charge < -0.3 is 10.1 Å². The summed E-state index contributed by atoms with van der Waals surface area (Å²) in [5, 5.41) is 10.1. The first-order chi connectivity index (χ1) is 8.39. The smallest absolute Gasteiger partial charge is 0.235 e. The van der Waals surface area contributed by atoms with Gasteiger partial charge in [0.25, 0.3) is 0 Å². The van der Waals surface area contributed by atoms with Crippen molar-refractivity contribution in [3.63, 3.8) is 0 Å². The van der Waals surface area contributed by atoms with Gasteiger partial charge in [0.1, 0.15) is 0 Å². The van der Waals surface area contributed by atoms with Gasteiger partial charge in [0.15, 0.2) is 5.25 Å². The van der Waals surface area contributed by atoms with Crippen molar-refractivity contribution in [2.75, 3.05) is 33.9 Å². The van der Waals surface area contributed by atoms with Crippen LogP contribution in [0.25, 0.3) is 0 Å². The third-order valence-corrected chi connectivity index (χ3v) is 4.46. The minimum atomic E-state index is -3.75. The quantitative estimate of drug-likeness (QED) is 0.592. The Kier molecular flexibility index (Phi) is 7.50. The van der Waals surface area contributed by atoms with Gasteiger partial charge in [-0.05, 0) is 6.42 Å². The van der Waals surface area contributed by atoms with E-state index in [1.807, 2.05) is 0 Å². The van der Waals surface area contributed by atoms with E-state index in [1.165, 1.54) is 14.2 Å². The largest absolute Gasteiger partial charge is 0.383 e. The van der Waals surface area contributed by atoms with Crippen LogP contribution < -0.4 is 5.32 Å². The molecule has 0 saturated heterocycles. The summed E-state index contributed by atoms with van der Waals surface area (Å²) in [4.78, 5) is 11.4. The van der Waals surface area contributed by atoms with E-state index in [4.69, 9.17) is 10.00 Å². The number of methoxy groups -OCH3 is 1. The van der Waals surface area contributed by atoms with Gasteiger partial charge in [0.05, 0.1) is 19.2 Å². The fraction of sp³-hybridized carbons (Fsp3) is 0.800. The average Bonchev–Trinajstić information content (AvgIpc) is 2.30. The predicted octanol–water partition coefficient (Wildman–Crippen LogP) is -0.687. The maximum atomic E-state index is 11.9. The van der Waals surface area contributed by atoms with Gasteiger partial charge in [-0.2, -0.15) is 9.57 Å². The second kappa shape index (κ2) is 8.02. The van der Waals surface area contributed by atoms with E-state index >= 15 is 0 Å². The highest BCUT2D eigenvalue weighted by Gasteiger charge is 2.29. The number of carbonyl (C=O) groups excluding carboxylic acids is 1. The summed E-state index contributed by atoms with van der Waals surface area (Å²) in [6.07, 6.45) is 0.189. The molecular weight excluding hydrogens is 258 g/mol. The summed E-state index contributed by atoms with van der Waals surface area (Å²) in [5.74, 6) is -0.425. The Labute approximate surface area is 108 Å². The van der Waals surface area contributed by atoms with Crippen molar-refractivity contribution >= 4 is 15.9 Å². The number of nitriles is 1. The Hall–Kier alpha value is -1.17. The van der Waals surface area contributed by atoms with Crippen LogP contribution in [0.2, 0.25) is 0 Å². The molecule has 0 aromatic rings. The number of rotatable bonds is 8. The van der Waals surface area contributed by atoms with E-state index in [0.717, 1.165) is 4.31 Å². The molecule has 0 spiro atoms. The van der Waals surface area contributed by atoms with Crippen LogP contribution in [0.1, 0.15) is 13.3 Å². The normalized spacial score (nSPS) is 13.1. The van der Waals surface area contributed by atoms with E-state index in [0.29, 0.717) is 13.2 Å². The number of likely N-dealkylation sites (N-methyl/N-ethyl adjacent to an activating group) is 1. The van der Waals surface area contributed by atoms with Gasteiger partial charge in [0, 0.05) is 20.7 Å². The van der Waals surface area contributed by atoms with Crippen LogP contribution in [-0.2, 0) is 19.6 Å². The van der Waals surface area contributed by atoms with Crippen LogP contribution in [0.4, 0.5) is 0 Å². The fourth-order valence-electron chi connectivity index (χ4n) is 1.23. The molecule has 104 valence electrons. The first-order valence-electron chi connectivity index (χ1n) is 5.50. The Morgan fingerprint density at radius 3 is 2.61 bits per heavy atom. The van der Waals surface area contributed by atoms with Crippen molar-refractivity contribution < 1.29 is 17.9 Å². The molecule has 0 heterocycles. The molecule has 0 rings (SSSR count). The molecule has 18 heavy (non-hydrogen) atoms. The van der Waals surface area contributed by atoms with E-state index < -0.39 is 21.2 Å². The molecule has 0 aliphatic carbocycles. The SMILES string of the molecule is CCC(C#N)S(=O)(=O)N(C)CC(=O)NCCOC. The molecule has 0 aromatic heterocycles. The summed E-state index contributed by atoms with van der Waals surface area (Å²) >= 11 is 0. The van der Waals surface area contributed by atoms with Crippen molar-refractivity contribution in [2.45, 2.75) is 18.6 Å². The predicted molar refractivity (Wildman–Crippen MR) is 66.1 cm³/mol. The van der Waals surface area contributed by atoms with Crippen LogP contribution in [0.5, 0.6) is 0 Å². The standard InChI is InChI=1S/C10H19N3O4S/c1-4-9(7-11)18(15,16)13(2)8-10(14)12-5-6-17-3/h9H,4-6,8H2,1-3H3,(H,12,14). The average molecular weight is 277 g/mol. The molecule has 0 bridgehead atoms. The lowest BCUT2D eigenvalue weighted by Gasteiger charge is -2.19. The highest BCUT2D eigenvalue weighted by molar-refractivity contribution is 7.90. The molecule has 1 N–H and O–H groups in total. The second-order valence-electron chi connectivity index (χ2n) is 3.67. The van der Waals surface area contributed by atoms with Crippen LogP contribution in [-0.4, -0.2) is 57.7 Å². The number of carbonyl (C=O) groups is 1. The number of nitrogens with zero attached hydrogens (tertiary/aromatic N) is 2.